The van der Waals surface area contributed by atoms with E-state index in [1.54, 1.807) is 0 Å². The molecule has 6 rings (SSSR count). The minimum atomic E-state index is -0.240. The first-order valence-electron chi connectivity index (χ1n) is 14.1. The number of carbonyl (C=O) groups is 1. The lowest BCUT2D eigenvalue weighted by Crippen LogP contribution is -2.24. The summed E-state index contributed by atoms with van der Waals surface area (Å²) < 4.78 is 3.91. The van der Waals surface area contributed by atoms with E-state index in [0.717, 1.165) is 80.1 Å². The predicted octanol–water partition coefficient (Wildman–Crippen LogP) is 5.64. The van der Waals surface area contributed by atoms with Crippen LogP contribution in [-0.2, 0) is 18.4 Å². The van der Waals surface area contributed by atoms with Crippen molar-refractivity contribution in [3.8, 4) is 33.5 Å². The molecule has 1 fully saturated rings. The highest BCUT2D eigenvalue weighted by Crippen LogP contribution is 2.42. The summed E-state index contributed by atoms with van der Waals surface area (Å²) >= 11 is 0. The molecule has 5 aromatic rings. The summed E-state index contributed by atoms with van der Waals surface area (Å²) in [7, 11) is 1.95. The Balaban J connectivity index is 1.51. The van der Waals surface area contributed by atoms with Crippen LogP contribution in [0.3, 0.4) is 0 Å². The van der Waals surface area contributed by atoms with Crippen LogP contribution in [0.1, 0.15) is 29.7 Å². The molecule has 0 saturated carbocycles. The van der Waals surface area contributed by atoms with Gasteiger partial charge in [0.05, 0.1) is 24.6 Å². The summed E-state index contributed by atoms with van der Waals surface area (Å²) in [5.74, 6) is -0.240. The summed E-state index contributed by atoms with van der Waals surface area (Å²) in [6.07, 6.45) is 11.7. The van der Waals surface area contributed by atoms with Crippen molar-refractivity contribution in [2.24, 2.45) is 7.05 Å². The van der Waals surface area contributed by atoms with Crippen molar-refractivity contribution in [3.05, 3.63) is 72.5 Å². The lowest BCUT2D eigenvalue weighted by atomic mass is 9.93. The second-order valence-electron chi connectivity index (χ2n) is 10.9. The van der Waals surface area contributed by atoms with E-state index in [1.807, 2.05) is 54.1 Å². The van der Waals surface area contributed by atoms with E-state index in [-0.39, 0.29) is 5.91 Å². The minimum Gasteiger partial charge on any atom is -0.339 e. The number of rotatable bonds is 8. The summed E-state index contributed by atoms with van der Waals surface area (Å²) in [4.78, 5) is 23.2. The molecule has 0 bridgehead atoms. The number of H-pyrrole nitrogens is 1. The molecule has 41 heavy (non-hydrogen) atoms. The number of hydrogen-bond acceptors (Lipinski definition) is 5. The molecule has 210 valence electrons. The Hall–Kier alpha value is -4.50. The fourth-order valence-corrected chi connectivity index (χ4v) is 5.81. The highest BCUT2D eigenvalue weighted by Gasteiger charge is 2.23. The molecular weight excluding hydrogens is 512 g/mol. The van der Waals surface area contributed by atoms with E-state index in [2.05, 4.69) is 53.0 Å². The van der Waals surface area contributed by atoms with Crippen LogP contribution >= 0.6 is 0 Å². The Labute approximate surface area is 239 Å². The Bertz CT molecular complexity index is 1770. The monoisotopic (exact) mass is 548 g/mol. The molecule has 1 aliphatic rings. The molecule has 0 radical (unpaired) electrons. The number of nitrogens with one attached hydrogen (secondary N) is 2. The van der Waals surface area contributed by atoms with Crippen LogP contribution < -0.4 is 5.32 Å². The van der Waals surface area contributed by atoms with Crippen molar-refractivity contribution >= 4 is 22.6 Å². The molecule has 9 nitrogen and oxygen atoms in total. The molecule has 1 saturated heterocycles. The first kappa shape index (κ1) is 26.7. The van der Waals surface area contributed by atoms with Crippen molar-refractivity contribution in [3.63, 3.8) is 0 Å². The number of pyridine rings is 1. The van der Waals surface area contributed by atoms with Gasteiger partial charge in [-0.25, -0.2) is 4.98 Å². The number of carbonyl (C=O) groups excluding carboxylic acids is 1. The zero-order valence-corrected chi connectivity index (χ0v) is 24.2. The van der Waals surface area contributed by atoms with Crippen LogP contribution in [0.4, 0.5) is 5.69 Å². The minimum absolute atomic E-state index is 0.240. The third kappa shape index (κ3) is 4.97. The summed E-state index contributed by atoms with van der Waals surface area (Å²) in [6.45, 7) is 14.0. The van der Waals surface area contributed by atoms with E-state index < -0.39 is 0 Å². The normalized spacial score (nSPS) is 13.8. The maximum Gasteiger partial charge on any atom is 0.247 e. The van der Waals surface area contributed by atoms with Crippen LogP contribution in [0.15, 0.2) is 55.6 Å². The molecule has 1 aliphatic heterocycles. The first-order valence-corrected chi connectivity index (χ1v) is 14.1. The SMILES string of the molecule is C=CC(=O)Nc1cc(-c2c(-c3cnn(CCN4CCCC4)c3)[nH]c3ncc(-c4cnn(C)c4C)c(C)c23)ccc1C. The number of benzene rings is 1. The van der Waals surface area contributed by atoms with Crippen LogP contribution in [0.25, 0.3) is 44.5 Å². The van der Waals surface area contributed by atoms with E-state index in [0.29, 0.717) is 0 Å². The van der Waals surface area contributed by atoms with Crippen molar-refractivity contribution in [1.82, 2.24) is 34.4 Å². The van der Waals surface area contributed by atoms with Gasteiger partial charge in [0.1, 0.15) is 5.65 Å². The number of likely N-dealkylation sites (tertiary alicyclic amines) is 1. The van der Waals surface area contributed by atoms with Gasteiger partial charge in [0.15, 0.2) is 0 Å². The molecule has 9 heteroatoms. The van der Waals surface area contributed by atoms with Gasteiger partial charge in [0.25, 0.3) is 0 Å². The zero-order chi connectivity index (χ0) is 28.7. The quantitative estimate of drug-likeness (QED) is 0.245. The van der Waals surface area contributed by atoms with E-state index in [9.17, 15) is 4.79 Å². The van der Waals surface area contributed by atoms with Crippen LogP contribution in [0, 0.1) is 20.8 Å². The average molecular weight is 549 g/mol. The second-order valence-corrected chi connectivity index (χ2v) is 10.9. The van der Waals surface area contributed by atoms with Crippen molar-refractivity contribution in [2.75, 3.05) is 25.0 Å². The van der Waals surface area contributed by atoms with E-state index in [1.165, 1.54) is 32.0 Å². The van der Waals surface area contributed by atoms with Gasteiger partial charge in [-0.15, -0.1) is 0 Å². The van der Waals surface area contributed by atoms with E-state index in [4.69, 9.17) is 10.1 Å². The number of nitrogens with zero attached hydrogens (tertiary/aromatic N) is 6. The first-order chi connectivity index (χ1) is 19.8. The molecule has 0 unspecified atom stereocenters. The van der Waals surface area contributed by atoms with Gasteiger partial charge in [0.2, 0.25) is 5.91 Å². The van der Waals surface area contributed by atoms with Crippen molar-refractivity contribution in [1.29, 1.82) is 0 Å². The van der Waals surface area contributed by atoms with Crippen LogP contribution in [-0.4, -0.2) is 60.0 Å². The van der Waals surface area contributed by atoms with Gasteiger partial charge in [-0.05, 0) is 75.5 Å². The summed E-state index contributed by atoms with van der Waals surface area (Å²) in [5, 5.41) is 13.2. The summed E-state index contributed by atoms with van der Waals surface area (Å²) in [5.41, 5.74) is 10.8. The molecule has 2 N–H and O–H groups in total. The number of aromatic nitrogens is 6. The maximum absolute atomic E-state index is 12.2. The van der Waals surface area contributed by atoms with Crippen molar-refractivity contribution in [2.45, 2.75) is 40.2 Å². The van der Waals surface area contributed by atoms with Gasteiger partial charge in [-0.2, -0.15) is 10.2 Å². The average Bonchev–Trinajstić information content (AvgIpc) is 3.77. The number of anilines is 1. The molecule has 5 heterocycles. The Morgan fingerprint density at radius 2 is 1.85 bits per heavy atom. The lowest BCUT2D eigenvalue weighted by molar-refractivity contribution is -0.111. The molecule has 0 atom stereocenters. The lowest BCUT2D eigenvalue weighted by Gasteiger charge is -2.14. The van der Waals surface area contributed by atoms with Gasteiger partial charge in [0, 0.05) is 65.0 Å². The molecule has 0 aliphatic carbocycles. The third-order valence-electron chi connectivity index (χ3n) is 8.34. The van der Waals surface area contributed by atoms with Crippen LogP contribution in [0.5, 0.6) is 0 Å². The van der Waals surface area contributed by atoms with Crippen molar-refractivity contribution < 1.29 is 4.79 Å². The maximum atomic E-state index is 12.2. The van der Waals surface area contributed by atoms with Gasteiger partial charge >= 0.3 is 0 Å². The molecule has 4 aromatic heterocycles. The molecule has 0 spiro atoms. The fourth-order valence-electron chi connectivity index (χ4n) is 5.81. The Kier molecular flexibility index (Phi) is 7.05. The Morgan fingerprint density at radius 1 is 1.05 bits per heavy atom. The fraction of sp³-hybridized carbons (Fsp3) is 0.312. The largest absolute Gasteiger partial charge is 0.339 e. The predicted molar refractivity (Wildman–Crippen MR) is 164 cm³/mol. The number of fused-ring (bicyclic) bond motifs is 1. The Morgan fingerprint density at radius 3 is 2.59 bits per heavy atom. The number of hydrogen-bond donors (Lipinski definition) is 2. The second kappa shape index (κ2) is 10.8. The standard InChI is InChI=1S/C32H36N8O/c1-6-28(41)36-27-15-23(10-9-20(27)2)30-29-21(3)25(26-18-34-38(5)22(26)4)17-33-32(29)37-31(30)24-16-35-40(19-24)14-13-39-11-7-8-12-39/h6,9-10,15-19H,1,7-8,11-14H2,2-5H3,(H,33,37)(H,36,41). The molecule has 1 amide bonds. The highest BCUT2D eigenvalue weighted by molar-refractivity contribution is 6.07. The van der Waals surface area contributed by atoms with E-state index >= 15 is 0 Å². The third-order valence-corrected chi connectivity index (χ3v) is 8.34. The van der Waals surface area contributed by atoms with Gasteiger partial charge < -0.3 is 15.2 Å². The zero-order valence-electron chi connectivity index (χ0n) is 24.2. The van der Waals surface area contributed by atoms with Gasteiger partial charge in [-0.1, -0.05) is 18.7 Å². The topological polar surface area (TPSA) is 96.7 Å². The highest BCUT2D eigenvalue weighted by atomic mass is 16.1. The smallest absolute Gasteiger partial charge is 0.247 e. The van der Waals surface area contributed by atoms with Crippen LogP contribution in [0.2, 0.25) is 0 Å². The molecular formula is C32H36N8O. The number of aromatic amines is 1. The molecule has 1 aromatic carbocycles. The number of amides is 1. The van der Waals surface area contributed by atoms with Gasteiger partial charge in [-0.3, -0.25) is 14.2 Å². The summed E-state index contributed by atoms with van der Waals surface area (Å²) in [6, 6.07) is 6.17. The number of aryl methyl sites for hydroxylation is 3.